The van der Waals surface area contributed by atoms with Crippen molar-refractivity contribution in [3.63, 3.8) is 0 Å². The molecule has 3 aromatic rings. The number of nitro benzene ring substituents is 1. The fourth-order valence-corrected chi connectivity index (χ4v) is 2.50. The molecule has 1 aromatic heterocycles. The molecule has 3 rings (SSSR count). The molecule has 0 fully saturated rings. The highest BCUT2D eigenvalue weighted by Gasteiger charge is 2.18. The van der Waals surface area contributed by atoms with Crippen LogP contribution in [0.1, 0.15) is 17.3 Å². The fraction of sp³-hybridized carbons (Fsp3) is 0.105. The molecule has 0 saturated heterocycles. The summed E-state index contributed by atoms with van der Waals surface area (Å²) < 4.78 is 1.66. The van der Waals surface area contributed by atoms with Crippen LogP contribution in [0.25, 0.3) is 5.69 Å². The number of hydrogen-bond donors (Lipinski definition) is 2. The Morgan fingerprint density at radius 2 is 1.93 bits per heavy atom. The Kier molecular flexibility index (Phi) is 5.45. The third-order valence-electron chi connectivity index (χ3n) is 3.94. The molecule has 142 valence electrons. The minimum Gasteiger partial charge on any atom is -0.341 e. The zero-order valence-electron chi connectivity index (χ0n) is 14.9. The van der Waals surface area contributed by atoms with Crippen LogP contribution in [-0.4, -0.2) is 32.6 Å². The van der Waals surface area contributed by atoms with Crippen LogP contribution in [0.2, 0.25) is 0 Å². The minimum absolute atomic E-state index is 0.106. The minimum atomic E-state index is -0.847. The van der Waals surface area contributed by atoms with Crippen LogP contribution in [-0.2, 0) is 4.79 Å². The van der Waals surface area contributed by atoms with Crippen molar-refractivity contribution in [1.29, 1.82) is 0 Å². The van der Waals surface area contributed by atoms with Crippen molar-refractivity contribution < 1.29 is 14.5 Å². The van der Waals surface area contributed by atoms with Gasteiger partial charge in [-0.3, -0.25) is 19.7 Å². The van der Waals surface area contributed by atoms with Crippen LogP contribution >= 0.6 is 0 Å². The van der Waals surface area contributed by atoms with Crippen LogP contribution in [0.15, 0.2) is 67.0 Å². The molecule has 9 nitrogen and oxygen atoms in total. The van der Waals surface area contributed by atoms with Gasteiger partial charge in [0.05, 0.1) is 10.6 Å². The second-order valence-electron chi connectivity index (χ2n) is 5.99. The van der Waals surface area contributed by atoms with Crippen molar-refractivity contribution in [2.45, 2.75) is 13.0 Å². The average molecular weight is 379 g/mol. The predicted octanol–water partition coefficient (Wildman–Crippen LogP) is 2.54. The summed E-state index contributed by atoms with van der Waals surface area (Å²) >= 11 is 0. The molecule has 9 heteroatoms. The third-order valence-corrected chi connectivity index (χ3v) is 3.94. The summed E-state index contributed by atoms with van der Waals surface area (Å²) in [5.41, 5.74) is 1.24. The lowest BCUT2D eigenvalue weighted by Crippen LogP contribution is -2.41. The molecule has 0 aliphatic heterocycles. The Morgan fingerprint density at radius 1 is 1.14 bits per heavy atom. The fourth-order valence-electron chi connectivity index (χ4n) is 2.50. The Bertz CT molecular complexity index is 1020. The summed E-state index contributed by atoms with van der Waals surface area (Å²) in [5, 5.41) is 20.2. The molecule has 2 N–H and O–H groups in total. The van der Waals surface area contributed by atoms with Crippen LogP contribution < -0.4 is 10.6 Å². The summed E-state index contributed by atoms with van der Waals surface area (Å²) in [6, 6.07) is 13.3. The lowest BCUT2D eigenvalue weighted by atomic mass is 10.1. The predicted molar refractivity (Wildman–Crippen MR) is 102 cm³/mol. The maximum Gasteiger partial charge on any atom is 0.270 e. The van der Waals surface area contributed by atoms with Crippen LogP contribution in [0.3, 0.4) is 0 Å². The van der Waals surface area contributed by atoms with Crippen molar-refractivity contribution in [3.8, 4) is 5.69 Å². The Hall–Kier alpha value is -4.01. The number of carbonyl (C=O) groups is 2. The van der Waals surface area contributed by atoms with E-state index in [2.05, 4.69) is 15.7 Å². The number of nitrogens with one attached hydrogen (secondary N) is 2. The standard InChI is InChI=1S/C19H17N5O4/c1-13(21-19(26)14-5-2-8-17(11-14)24(27)28)18(25)22-15-6-3-7-16(12-15)23-10-4-9-20-23/h2-13H,1H3,(H,21,26)(H,22,25)/t13-/m1/s1. The van der Waals surface area contributed by atoms with E-state index >= 15 is 0 Å². The molecular formula is C19H17N5O4. The van der Waals surface area contributed by atoms with Crippen molar-refractivity contribution in [1.82, 2.24) is 15.1 Å². The van der Waals surface area contributed by atoms with Gasteiger partial charge in [-0.25, -0.2) is 4.68 Å². The molecule has 28 heavy (non-hydrogen) atoms. The van der Waals surface area contributed by atoms with Gasteiger partial charge in [0, 0.05) is 35.8 Å². The lowest BCUT2D eigenvalue weighted by Gasteiger charge is -2.14. The van der Waals surface area contributed by atoms with Crippen molar-refractivity contribution in [2.24, 2.45) is 0 Å². The van der Waals surface area contributed by atoms with Gasteiger partial charge < -0.3 is 10.6 Å². The quantitative estimate of drug-likeness (QED) is 0.504. The smallest absolute Gasteiger partial charge is 0.270 e. The average Bonchev–Trinajstić information content (AvgIpc) is 3.23. The van der Waals surface area contributed by atoms with Gasteiger partial charge in [0.2, 0.25) is 5.91 Å². The first-order chi connectivity index (χ1) is 13.4. The van der Waals surface area contributed by atoms with Gasteiger partial charge in [-0.15, -0.1) is 0 Å². The van der Waals surface area contributed by atoms with E-state index < -0.39 is 22.8 Å². The van der Waals surface area contributed by atoms with E-state index in [-0.39, 0.29) is 11.3 Å². The van der Waals surface area contributed by atoms with Gasteiger partial charge in [-0.05, 0) is 37.3 Å². The number of anilines is 1. The van der Waals surface area contributed by atoms with Gasteiger partial charge in [-0.1, -0.05) is 12.1 Å². The Labute approximate surface area is 160 Å². The number of aromatic nitrogens is 2. The SMILES string of the molecule is C[C@@H](NC(=O)c1cccc([N+](=O)[O-])c1)C(=O)Nc1cccc(-n2cccn2)c1. The number of nitro groups is 1. The van der Waals surface area contributed by atoms with Crippen molar-refractivity contribution in [2.75, 3.05) is 5.32 Å². The number of benzene rings is 2. The lowest BCUT2D eigenvalue weighted by molar-refractivity contribution is -0.384. The maximum absolute atomic E-state index is 12.4. The molecule has 0 aliphatic carbocycles. The largest absolute Gasteiger partial charge is 0.341 e. The number of amides is 2. The number of carbonyl (C=O) groups excluding carboxylic acids is 2. The van der Waals surface area contributed by atoms with Crippen LogP contribution in [0.5, 0.6) is 0 Å². The van der Waals surface area contributed by atoms with Gasteiger partial charge in [0.25, 0.3) is 11.6 Å². The Morgan fingerprint density at radius 3 is 2.64 bits per heavy atom. The van der Waals surface area contributed by atoms with E-state index in [9.17, 15) is 19.7 Å². The zero-order chi connectivity index (χ0) is 20.1. The Balaban J connectivity index is 1.65. The summed E-state index contributed by atoms with van der Waals surface area (Å²) in [5.74, 6) is -0.993. The van der Waals surface area contributed by atoms with E-state index in [1.807, 2.05) is 6.07 Å². The number of nitrogens with zero attached hydrogens (tertiary/aromatic N) is 3. The van der Waals surface area contributed by atoms with E-state index in [0.717, 1.165) is 11.8 Å². The molecule has 1 atom stereocenters. The second kappa shape index (κ2) is 8.12. The highest BCUT2D eigenvalue weighted by atomic mass is 16.6. The summed E-state index contributed by atoms with van der Waals surface area (Å²) in [4.78, 5) is 34.9. The van der Waals surface area contributed by atoms with E-state index in [4.69, 9.17) is 0 Å². The monoisotopic (exact) mass is 379 g/mol. The molecule has 0 saturated carbocycles. The molecule has 0 spiro atoms. The maximum atomic E-state index is 12.4. The third kappa shape index (κ3) is 4.39. The van der Waals surface area contributed by atoms with Gasteiger partial charge >= 0.3 is 0 Å². The van der Waals surface area contributed by atoms with Gasteiger partial charge in [-0.2, -0.15) is 5.10 Å². The number of rotatable bonds is 6. The van der Waals surface area contributed by atoms with Crippen molar-refractivity contribution >= 4 is 23.2 Å². The van der Waals surface area contributed by atoms with Gasteiger partial charge in [0.1, 0.15) is 6.04 Å². The first-order valence-corrected chi connectivity index (χ1v) is 8.40. The molecule has 2 amide bonds. The second-order valence-corrected chi connectivity index (χ2v) is 5.99. The molecule has 0 radical (unpaired) electrons. The number of hydrogen-bond acceptors (Lipinski definition) is 5. The summed E-state index contributed by atoms with van der Waals surface area (Å²) in [6.07, 6.45) is 3.43. The number of non-ortho nitro benzene ring substituents is 1. The van der Waals surface area contributed by atoms with Gasteiger partial charge in [0.15, 0.2) is 0 Å². The van der Waals surface area contributed by atoms with Crippen LogP contribution in [0.4, 0.5) is 11.4 Å². The van der Waals surface area contributed by atoms with Crippen LogP contribution in [0, 0.1) is 10.1 Å². The molecular weight excluding hydrogens is 362 g/mol. The first-order valence-electron chi connectivity index (χ1n) is 8.40. The molecule has 0 bridgehead atoms. The van der Waals surface area contributed by atoms with Crippen molar-refractivity contribution in [3.05, 3.63) is 82.7 Å². The normalized spacial score (nSPS) is 11.5. The van der Waals surface area contributed by atoms with E-state index in [1.54, 1.807) is 41.3 Å². The molecule has 0 aliphatic rings. The topological polar surface area (TPSA) is 119 Å². The highest BCUT2D eigenvalue weighted by molar-refractivity contribution is 6.01. The summed E-state index contributed by atoms with van der Waals surface area (Å²) in [6.45, 7) is 1.53. The van der Waals surface area contributed by atoms with E-state index in [1.165, 1.54) is 25.1 Å². The molecule has 1 heterocycles. The summed E-state index contributed by atoms with van der Waals surface area (Å²) in [7, 11) is 0. The highest BCUT2D eigenvalue weighted by Crippen LogP contribution is 2.15. The van der Waals surface area contributed by atoms with E-state index in [0.29, 0.717) is 5.69 Å². The molecule has 0 unspecified atom stereocenters. The first kappa shape index (κ1) is 18.8. The molecule has 2 aromatic carbocycles. The zero-order valence-corrected chi connectivity index (χ0v) is 14.9.